The second kappa shape index (κ2) is 4.21. The zero-order chi connectivity index (χ0) is 10.8. The molecule has 15 heavy (non-hydrogen) atoms. The molecule has 0 fully saturated rings. The smallest absolute Gasteiger partial charge is 0.119 e. The standard InChI is InChI=1S/C12H17NO2/c1-15-9-6-5-8-3-2-4-11(14)12(13)10(8)7-9/h5-7,11-12,14H,2-4,13H2,1H3/t11-,12-/m0/s1. The molecule has 0 saturated heterocycles. The Morgan fingerprint density at radius 1 is 1.47 bits per heavy atom. The van der Waals surface area contributed by atoms with Gasteiger partial charge >= 0.3 is 0 Å². The quantitative estimate of drug-likeness (QED) is 0.684. The molecule has 0 unspecified atom stereocenters. The Balaban J connectivity index is 2.41. The molecule has 0 aromatic heterocycles. The van der Waals surface area contributed by atoms with E-state index in [1.807, 2.05) is 18.2 Å². The van der Waals surface area contributed by atoms with Crippen molar-refractivity contribution in [3.05, 3.63) is 29.3 Å². The molecule has 0 bridgehead atoms. The Morgan fingerprint density at radius 2 is 2.27 bits per heavy atom. The first-order valence-corrected chi connectivity index (χ1v) is 5.33. The molecule has 82 valence electrons. The molecular formula is C12H17NO2. The van der Waals surface area contributed by atoms with Gasteiger partial charge in [0.15, 0.2) is 0 Å². The number of aryl methyl sites for hydroxylation is 1. The summed E-state index contributed by atoms with van der Waals surface area (Å²) in [5.74, 6) is 0.804. The molecule has 1 aromatic carbocycles. The molecule has 2 atom stereocenters. The third-order valence-electron chi connectivity index (χ3n) is 3.07. The number of rotatable bonds is 1. The van der Waals surface area contributed by atoms with Gasteiger partial charge in [0, 0.05) is 0 Å². The minimum absolute atomic E-state index is 0.280. The fraction of sp³-hybridized carbons (Fsp3) is 0.500. The Bertz CT molecular complexity index is 351. The van der Waals surface area contributed by atoms with Gasteiger partial charge in [0.2, 0.25) is 0 Å². The van der Waals surface area contributed by atoms with Gasteiger partial charge in [-0.1, -0.05) is 6.07 Å². The van der Waals surface area contributed by atoms with Crippen LogP contribution in [0.3, 0.4) is 0 Å². The van der Waals surface area contributed by atoms with Crippen molar-refractivity contribution in [1.82, 2.24) is 0 Å². The molecule has 3 N–H and O–H groups in total. The number of methoxy groups -OCH3 is 1. The van der Waals surface area contributed by atoms with Gasteiger partial charge in [-0.3, -0.25) is 0 Å². The minimum atomic E-state index is -0.432. The highest BCUT2D eigenvalue weighted by Gasteiger charge is 2.23. The van der Waals surface area contributed by atoms with E-state index in [1.54, 1.807) is 7.11 Å². The molecule has 2 rings (SSSR count). The van der Waals surface area contributed by atoms with E-state index in [-0.39, 0.29) is 6.04 Å². The van der Waals surface area contributed by atoms with E-state index in [4.69, 9.17) is 10.5 Å². The van der Waals surface area contributed by atoms with Crippen LogP contribution in [0.1, 0.15) is 30.0 Å². The lowest BCUT2D eigenvalue weighted by molar-refractivity contribution is 0.136. The van der Waals surface area contributed by atoms with Gasteiger partial charge in [-0.15, -0.1) is 0 Å². The fourth-order valence-electron chi connectivity index (χ4n) is 2.13. The fourth-order valence-corrected chi connectivity index (χ4v) is 2.13. The van der Waals surface area contributed by atoms with E-state index in [0.29, 0.717) is 0 Å². The van der Waals surface area contributed by atoms with Gasteiger partial charge < -0.3 is 15.6 Å². The van der Waals surface area contributed by atoms with Crippen molar-refractivity contribution >= 4 is 0 Å². The van der Waals surface area contributed by atoms with Gasteiger partial charge in [-0.25, -0.2) is 0 Å². The summed E-state index contributed by atoms with van der Waals surface area (Å²) in [6, 6.07) is 5.65. The van der Waals surface area contributed by atoms with E-state index >= 15 is 0 Å². The van der Waals surface area contributed by atoms with Crippen LogP contribution in [0.2, 0.25) is 0 Å². The molecule has 0 radical (unpaired) electrons. The average molecular weight is 207 g/mol. The molecule has 0 saturated carbocycles. The number of fused-ring (bicyclic) bond motifs is 1. The van der Waals surface area contributed by atoms with Crippen LogP contribution in [-0.2, 0) is 6.42 Å². The van der Waals surface area contributed by atoms with E-state index in [2.05, 4.69) is 0 Å². The monoisotopic (exact) mass is 207 g/mol. The first-order chi connectivity index (χ1) is 7.22. The molecular weight excluding hydrogens is 190 g/mol. The first-order valence-electron chi connectivity index (χ1n) is 5.33. The van der Waals surface area contributed by atoms with E-state index in [0.717, 1.165) is 30.6 Å². The van der Waals surface area contributed by atoms with E-state index < -0.39 is 6.10 Å². The Morgan fingerprint density at radius 3 is 3.00 bits per heavy atom. The van der Waals surface area contributed by atoms with Crippen molar-refractivity contribution in [3.8, 4) is 5.75 Å². The highest BCUT2D eigenvalue weighted by atomic mass is 16.5. The molecule has 1 aliphatic carbocycles. The molecule has 3 nitrogen and oxygen atoms in total. The summed E-state index contributed by atoms with van der Waals surface area (Å²) in [6.45, 7) is 0. The summed E-state index contributed by atoms with van der Waals surface area (Å²) in [6.07, 6.45) is 2.33. The van der Waals surface area contributed by atoms with Crippen LogP contribution in [0.15, 0.2) is 18.2 Å². The predicted molar refractivity (Wildman–Crippen MR) is 58.9 cm³/mol. The Kier molecular flexibility index (Phi) is 2.93. The maximum atomic E-state index is 9.80. The second-order valence-corrected chi connectivity index (χ2v) is 4.05. The Labute approximate surface area is 89.9 Å². The lowest BCUT2D eigenvalue weighted by Gasteiger charge is -2.18. The molecule has 1 aliphatic rings. The third kappa shape index (κ3) is 1.98. The summed E-state index contributed by atoms with van der Waals surface area (Å²) < 4.78 is 5.17. The van der Waals surface area contributed by atoms with Gasteiger partial charge in [0.25, 0.3) is 0 Å². The topological polar surface area (TPSA) is 55.5 Å². The molecule has 0 spiro atoms. The zero-order valence-electron chi connectivity index (χ0n) is 8.94. The normalized spacial score (nSPS) is 25.5. The van der Waals surface area contributed by atoms with Crippen molar-refractivity contribution < 1.29 is 9.84 Å². The summed E-state index contributed by atoms with van der Waals surface area (Å²) in [5, 5.41) is 9.80. The molecule has 0 heterocycles. The van der Waals surface area contributed by atoms with Gasteiger partial charge in [0.05, 0.1) is 19.3 Å². The molecule has 1 aromatic rings. The van der Waals surface area contributed by atoms with Crippen LogP contribution in [0.25, 0.3) is 0 Å². The van der Waals surface area contributed by atoms with E-state index in [9.17, 15) is 5.11 Å². The SMILES string of the molecule is COc1ccc2c(c1)[C@H](N)[C@@H](O)CCC2. The highest BCUT2D eigenvalue weighted by Crippen LogP contribution is 2.30. The highest BCUT2D eigenvalue weighted by molar-refractivity contribution is 5.38. The van der Waals surface area contributed by atoms with Crippen molar-refractivity contribution in [2.45, 2.75) is 31.4 Å². The lowest BCUT2D eigenvalue weighted by atomic mass is 9.98. The molecule has 3 heteroatoms. The number of aliphatic hydroxyl groups is 1. The van der Waals surface area contributed by atoms with Crippen molar-refractivity contribution in [1.29, 1.82) is 0 Å². The summed E-state index contributed by atoms with van der Waals surface area (Å²) in [5.41, 5.74) is 8.27. The van der Waals surface area contributed by atoms with Gasteiger partial charge in [-0.05, 0) is 42.5 Å². The maximum absolute atomic E-state index is 9.80. The van der Waals surface area contributed by atoms with Gasteiger partial charge in [-0.2, -0.15) is 0 Å². The third-order valence-corrected chi connectivity index (χ3v) is 3.07. The van der Waals surface area contributed by atoms with E-state index in [1.165, 1.54) is 5.56 Å². The minimum Gasteiger partial charge on any atom is -0.497 e. The van der Waals surface area contributed by atoms with Crippen LogP contribution in [0, 0.1) is 0 Å². The zero-order valence-corrected chi connectivity index (χ0v) is 8.94. The number of benzene rings is 1. The average Bonchev–Trinajstić information content (AvgIpc) is 2.40. The first kappa shape index (κ1) is 10.5. The number of aliphatic hydroxyl groups excluding tert-OH is 1. The summed E-state index contributed by atoms with van der Waals surface area (Å²) in [4.78, 5) is 0. The predicted octanol–water partition coefficient (Wildman–Crippen LogP) is 1.39. The number of hydrogen-bond acceptors (Lipinski definition) is 3. The Hall–Kier alpha value is -1.06. The number of nitrogens with two attached hydrogens (primary N) is 1. The lowest BCUT2D eigenvalue weighted by Crippen LogP contribution is -2.25. The van der Waals surface area contributed by atoms with Crippen LogP contribution in [0.4, 0.5) is 0 Å². The number of hydrogen-bond donors (Lipinski definition) is 2. The van der Waals surface area contributed by atoms with Crippen molar-refractivity contribution in [3.63, 3.8) is 0 Å². The van der Waals surface area contributed by atoms with Crippen LogP contribution >= 0.6 is 0 Å². The second-order valence-electron chi connectivity index (χ2n) is 4.05. The summed E-state index contributed by atoms with van der Waals surface area (Å²) in [7, 11) is 1.64. The maximum Gasteiger partial charge on any atom is 0.119 e. The van der Waals surface area contributed by atoms with Gasteiger partial charge in [0.1, 0.15) is 5.75 Å². The van der Waals surface area contributed by atoms with Crippen LogP contribution in [0.5, 0.6) is 5.75 Å². The van der Waals surface area contributed by atoms with Crippen LogP contribution < -0.4 is 10.5 Å². The van der Waals surface area contributed by atoms with Crippen molar-refractivity contribution in [2.75, 3.05) is 7.11 Å². The molecule has 0 amide bonds. The van der Waals surface area contributed by atoms with Crippen molar-refractivity contribution in [2.24, 2.45) is 5.73 Å². The van der Waals surface area contributed by atoms with Crippen LogP contribution in [-0.4, -0.2) is 18.3 Å². The molecule has 0 aliphatic heterocycles. The summed E-state index contributed by atoms with van der Waals surface area (Å²) >= 11 is 0. The number of ether oxygens (including phenoxy) is 1. The largest absolute Gasteiger partial charge is 0.497 e.